The zero-order valence-corrected chi connectivity index (χ0v) is 19.2. The SMILES string of the molecule is CCCCN(CC(F)(F)F)C(=O)C1c2ccccc2-c2cccc(-n3c(N)nc4ccccc43)c21. The van der Waals surface area contributed by atoms with Gasteiger partial charge < -0.3 is 10.6 Å². The van der Waals surface area contributed by atoms with Crippen molar-refractivity contribution in [2.75, 3.05) is 18.8 Å². The molecule has 1 heterocycles. The van der Waals surface area contributed by atoms with Crippen LogP contribution < -0.4 is 5.73 Å². The molecule has 1 aliphatic rings. The number of nitrogens with two attached hydrogens (primary N) is 1. The Bertz CT molecular complexity index is 1410. The van der Waals surface area contributed by atoms with Gasteiger partial charge in [0.2, 0.25) is 11.9 Å². The molecule has 2 N–H and O–H groups in total. The lowest BCUT2D eigenvalue weighted by Crippen LogP contribution is -2.42. The molecular weight excluding hydrogens is 453 g/mol. The molecule has 1 aromatic heterocycles. The van der Waals surface area contributed by atoms with Crippen molar-refractivity contribution >= 4 is 22.9 Å². The van der Waals surface area contributed by atoms with Crippen molar-refractivity contribution in [2.24, 2.45) is 0 Å². The van der Waals surface area contributed by atoms with Crippen LogP contribution in [-0.2, 0) is 4.79 Å². The van der Waals surface area contributed by atoms with Gasteiger partial charge in [-0.25, -0.2) is 4.98 Å². The van der Waals surface area contributed by atoms with Gasteiger partial charge in [-0.3, -0.25) is 9.36 Å². The number of amides is 1. The molecule has 0 saturated carbocycles. The quantitative estimate of drug-likeness (QED) is 0.375. The first kappa shape index (κ1) is 23.0. The Morgan fingerprint density at radius 3 is 2.51 bits per heavy atom. The minimum absolute atomic E-state index is 0.0428. The Labute approximate surface area is 201 Å². The van der Waals surface area contributed by atoms with E-state index in [0.717, 1.165) is 21.5 Å². The van der Waals surface area contributed by atoms with Crippen LogP contribution in [0.1, 0.15) is 36.8 Å². The molecular formula is C27H25F3N4O. The van der Waals surface area contributed by atoms with Gasteiger partial charge >= 0.3 is 6.18 Å². The van der Waals surface area contributed by atoms with Crippen LogP contribution in [0.3, 0.4) is 0 Å². The van der Waals surface area contributed by atoms with Crippen molar-refractivity contribution in [3.05, 3.63) is 77.9 Å². The highest BCUT2D eigenvalue weighted by atomic mass is 19.4. The Balaban J connectivity index is 1.71. The third kappa shape index (κ3) is 4.03. The van der Waals surface area contributed by atoms with Crippen LogP contribution in [0.5, 0.6) is 0 Å². The van der Waals surface area contributed by atoms with E-state index in [2.05, 4.69) is 4.98 Å². The van der Waals surface area contributed by atoms with Crippen molar-refractivity contribution in [2.45, 2.75) is 31.9 Å². The van der Waals surface area contributed by atoms with Crippen LogP contribution >= 0.6 is 0 Å². The number of imidazole rings is 1. The maximum absolute atomic E-state index is 13.9. The van der Waals surface area contributed by atoms with E-state index < -0.39 is 24.5 Å². The van der Waals surface area contributed by atoms with E-state index in [1.165, 1.54) is 0 Å². The van der Waals surface area contributed by atoms with Gasteiger partial charge in [0, 0.05) is 12.1 Å². The van der Waals surface area contributed by atoms with E-state index in [9.17, 15) is 18.0 Å². The summed E-state index contributed by atoms with van der Waals surface area (Å²) in [4.78, 5) is 19.3. The zero-order valence-electron chi connectivity index (χ0n) is 19.2. The monoisotopic (exact) mass is 478 g/mol. The average Bonchev–Trinajstić information content (AvgIpc) is 3.35. The molecule has 0 aliphatic heterocycles. The number of nitrogen functional groups attached to an aromatic ring is 1. The van der Waals surface area contributed by atoms with Crippen LogP contribution in [-0.4, -0.2) is 39.6 Å². The average molecular weight is 479 g/mol. The maximum Gasteiger partial charge on any atom is 0.406 e. The highest BCUT2D eigenvalue weighted by Crippen LogP contribution is 2.49. The predicted molar refractivity (Wildman–Crippen MR) is 130 cm³/mol. The second-order valence-electron chi connectivity index (χ2n) is 8.78. The maximum atomic E-state index is 13.9. The predicted octanol–water partition coefficient (Wildman–Crippen LogP) is 5.91. The molecule has 0 saturated heterocycles. The van der Waals surface area contributed by atoms with E-state index in [1.807, 2.05) is 73.7 Å². The lowest BCUT2D eigenvalue weighted by Gasteiger charge is -2.28. The summed E-state index contributed by atoms with van der Waals surface area (Å²) in [5, 5.41) is 0. The first-order valence-corrected chi connectivity index (χ1v) is 11.6. The number of benzene rings is 3. The number of halogens is 3. The third-order valence-electron chi connectivity index (χ3n) is 6.47. The zero-order chi connectivity index (χ0) is 24.7. The first-order chi connectivity index (χ1) is 16.8. The first-order valence-electron chi connectivity index (χ1n) is 11.6. The summed E-state index contributed by atoms with van der Waals surface area (Å²) in [7, 11) is 0. The van der Waals surface area contributed by atoms with Gasteiger partial charge in [-0.2, -0.15) is 13.2 Å². The largest absolute Gasteiger partial charge is 0.406 e. The molecule has 180 valence electrons. The van der Waals surface area contributed by atoms with Crippen molar-refractivity contribution in [1.82, 2.24) is 14.5 Å². The number of unbranched alkanes of at least 4 members (excludes halogenated alkanes) is 1. The molecule has 5 nitrogen and oxygen atoms in total. The van der Waals surface area contributed by atoms with Crippen LogP contribution in [0.15, 0.2) is 66.7 Å². The number of rotatable bonds is 6. The molecule has 1 aliphatic carbocycles. The summed E-state index contributed by atoms with van der Waals surface area (Å²) < 4.78 is 42.2. The van der Waals surface area contributed by atoms with E-state index in [-0.39, 0.29) is 12.5 Å². The minimum atomic E-state index is -4.49. The summed E-state index contributed by atoms with van der Waals surface area (Å²) in [6.45, 7) is 0.654. The van der Waals surface area contributed by atoms with E-state index in [1.54, 1.807) is 4.57 Å². The minimum Gasteiger partial charge on any atom is -0.369 e. The van der Waals surface area contributed by atoms with E-state index in [0.29, 0.717) is 35.2 Å². The van der Waals surface area contributed by atoms with Gasteiger partial charge in [-0.15, -0.1) is 0 Å². The third-order valence-corrected chi connectivity index (χ3v) is 6.47. The summed E-state index contributed by atoms with van der Waals surface area (Å²) >= 11 is 0. The molecule has 1 unspecified atom stereocenters. The number of anilines is 1. The van der Waals surface area contributed by atoms with Gasteiger partial charge in [0.05, 0.1) is 22.6 Å². The number of para-hydroxylation sites is 2. The second kappa shape index (κ2) is 8.76. The second-order valence-corrected chi connectivity index (χ2v) is 8.78. The fourth-order valence-electron chi connectivity index (χ4n) is 5.01. The molecule has 4 aromatic rings. The molecule has 0 bridgehead atoms. The fourth-order valence-corrected chi connectivity index (χ4v) is 5.01. The molecule has 3 aromatic carbocycles. The highest BCUT2D eigenvalue weighted by molar-refractivity contribution is 5.98. The van der Waals surface area contributed by atoms with Gasteiger partial charge in [-0.1, -0.05) is 61.9 Å². The Hall–Kier alpha value is -3.81. The van der Waals surface area contributed by atoms with Gasteiger partial charge in [0.25, 0.3) is 0 Å². The van der Waals surface area contributed by atoms with Crippen LogP contribution in [0, 0.1) is 0 Å². The molecule has 35 heavy (non-hydrogen) atoms. The lowest BCUT2D eigenvalue weighted by molar-refractivity contribution is -0.161. The van der Waals surface area contributed by atoms with Crippen molar-refractivity contribution < 1.29 is 18.0 Å². The summed E-state index contributed by atoms with van der Waals surface area (Å²) in [5.41, 5.74) is 11.4. The van der Waals surface area contributed by atoms with Gasteiger partial charge in [-0.05, 0) is 41.3 Å². The van der Waals surface area contributed by atoms with Crippen LogP contribution in [0.4, 0.5) is 19.1 Å². The number of hydrogen-bond donors (Lipinski definition) is 1. The number of alkyl halides is 3. The number of nitrogens with zero attached hydrogens (tertiary/aromatic N) is 3. The standard InChI is InChI=1S/C27H25F3N4O/c1-2-3-15-33(16-27(28,29)30)25(35)24-19-10-5-4-9-17(19)18-11-8-14-22(23(18)24)34-21-13-7-6-12-20(21)32-26(34)31/h4-14,24H,2-3,15-16H2,1H3,(H2,31,32). The number of hydrogen-bond acceptors (Lipinski definition) is 3. The molecule has 0 radical (unpaired) electrons. The molecule has 8 heteroatoms. The van der Waals surface area contributed by atoms with Crippen LogP contribution in [0.2, 0.25) is 0 Å². The normalized spacial score (nSPS) is 14.7. The van der Waals surface area contributed by atoms with Crippen molar-refractivity contribution in [3.63, 3.8) is 0 Å². The summed E-state index contributed by atoms with van der Waals surface area (Å²) in [5.74, 6) is -1.19. The number of aromatic nitrogens is 2. The topological polar surface area (TPSA) is 64.2 Å². The lowest BCUT2D eigenvalue weighted by atomic mass is 9.93. The van der Waals surface area contributed by atoms with E-state index >= 15 is 0 Å². The smallest absolute Gasteiger partial charge is 0.369 e. The van der Waals surface area contributed by atoms with Crippen LogP contribution in [0.25, 0.3) is 27.8 Å². The van der Waals surface area contributed by atoms with Crippen molar-refractivity contribution in [1.29, 1.82) is 0 Å². The number of fused-ring (bicyclic) bond motifs is 4. The number of carbonyl (C=O) groups is 1. The Morgan fingerprint density at radius 2 is 1.74 bits per heavy atom. The molecule has 1 amide bonds. The molecule has 5 rings (SSSR count). The molecule has 0 fully saturated rings. The Morgan fingerprint density at radius 1 is 1.03 bits per heavy atom. The summed E-state index contributed by atoms with van der Waals surface area (Å²) in [6, 6.07) is 20.5. The van der Waals surface area contributed by atoms with E-state index in [4.69, 9.17) is 5.73 Å². The van der Waals surface area contributed by atoms with Crippen molar-refractivity contribution in [3.8, 4) is 16.8 Å². The number of carbonyl (C=O) groups excluding carboxylic acids is 1. The molecule has 0 spiro atoms. The van der Waals surface area contributed by atoms with Gasteiger partial charge in [0.1, 0.15) is 6.54 Å². The Kier molecular flexibility index (Phi) is 5.75. The van der Waals surface area contributed by atoms with Gasteiger partial charge in [0.15, 0.2) is 0 Å². The fraction of sp³-hybridized carbons (Fsp3) is 0.259. The summed E-state index contributed by atoms with van der Waals surface area (Å²) in [6.07, 6.45) is -3.32. The molecule has 1 atom stereocenters. The highest BCUT2D eigenvalue weighted by Gasteiger charge is 2.41.